The van der Waals surface area contributed by atoms with E-state index in [-0.39, 0.29) is 60.7 Å². The van der Waals surface area contributed by atoms with Crippen LogP contribution in [0.25, 0.3) is 0 Å². The van der Waals surface area contributed by atoms with Gasteiger partial charge < -0.3 is 39.0 Å². The van der Waals surface area contributed by atoms with Crippen LogP contribution in [0.4, 0.5) is 0 Å². The van der Waals surface area contributed by atoms with E-state index in [1.807, 2.05) is 0 Å². The molecule has 4 aliphatic rings. The van der Waals surface area contributed by atoms with E-state index in [1.54, 1.807) is 6.92 Å². The summed E-state index contributed by atoms with van der Waals surface area (Å²) in [5.41, 5.74) is 7.76. The predicted molar refractivity (Wildman–Crippen MR) is 129 cm³/mol. The van der Waals surface area contributed by atoms with E-state index in [0.29, 0.717) is 53.2 Å². The first-order valence-electron chi connectivity index (χ1n) is 12.2. The number of allylic oxidation sites excluding steroid dienone is 3. The number of nitrogens with zero attached hydrogens (tertiary/aromatic N) is 2. The molecule has 0 radical (unpaired) electrons. The van der Waals surface area contributed by atoms with Crippen LogP contribution in [0.1, 0.15) is 49.7 Å². The van der Waals surface area contributed by atoms with Crippen molar-refractivity contribution in [1.82, 2.24) is 0 Å². The summed E-state index contributed by atoms with van der Waals surface area (Å²) in [6.07, 6.45) is 1.19. The molecule has 2 N–H and O–H groups in total. The van der Waals surface area contributed by atoms with Crippen molar-refractivity contribution >= 4 is 17.5 Å². The molecule has 1 aliphatic carbocycles. The quantitative estimate of drug-likeness (QED) is 0.521. The standard InChI is InChI=1S/C26H27N3O9/c1-4-34-26(31)15-9-12(38-29-15)8-13-19(22(33-3)24-23(21(13)32-2)35-11-36-24)18-14(10-27)25(28)37-17-7-5-6-16(30)20(17)18/h12,18H,4-9,11,28H2,1-3H3. The number of ether oxygens (including phenoxy) is 6. The lowest BCUT2D eigenvalue weighted by Crippen LogP contribution is -2.29. The van der Waals surface area contributed by atoms with E-state index in [1.165, 1.54) is 14.2 Å². The summed E-state index contributed by atoms with van der Waals surface area (Å²) in [6.45, 7) is 1.83. The van der Waals surface area contributed by atoms with Gasteiger partial charge in [0, 0.05) is 42.4 Å². The highest BCUT2D eigenvalue weighted by atomic mass is 16.7. The molecule has 0 saturated heterocycles. The van der Waals surface area contributed by atoms with Gasteiger partial charge in [-0.3, -0.25) is 4.79 Å². The fourth-order valence-electron chi connectivity index (χ4n) is 5.31. The molecule has 12 nitrogen and oxygen atoms in total. The van der Waals surface area contributed by atoms with Crippen LogP contribution < -0.4 is 24.7 Å². The van der Waals surface area contributed by atoms with Crippen LogP contribution in [0.15, 0.2) is 27.9 Å². The Balaban J connectivity index is 1.69. The van der Waals surface area contributed by atoms with Crippen LogP contribution in [0.5, 0.6) is 23.0 Å². The summed E-state index contributed by atoms with van der Waals surface area (Å²) in [5.74, 6) is -0.0586. The highest BCUT2D eigenvalue weighted by Crippen LogP contribution is 2.58. The summed E-state index contributed by atoms with van der Waals surface area (Å²) in [7, 11) is 2.93. The smallest absolute Gasteiger partial charge is 0.356 e. The first-order chi connectivity index (χ1) is 18.4. The number of benzene rings is 1. The molecule has 2 unspecified atom stereocenters. The summed E-state index contributed by atoms with van der Waals surface area (Å²) in [6, 6.07) is 2.13. The van der Waals surface area contributed by atoms with Crippen molar-refractivity contribution < 1.29 is 42.8 Å². The molecule has 1 aromatic rings. The Kier molecular flexibility index (Phi) is 6.75. The SMILES string of the molecule is CCOC(=O)C1=NOC(Cc2c(OC)c3c(c(OC)c2C2C(C#N)=C(N)OC4=C2C(=O)CCC4)OCO3)C1. The number of nitrogens with two attached hydrogens (primary N) is 1. The number of oxime groups is 1. The molecule has 1 aromatic carbocycles. The molecule has 3 heterocycles. The lowest BCUT2D eigenvalue weighted by molar-refractivity contribution is -0.135. The number of methoxy groups -OCH3 is 2. The second-order valence-corrected chi connectivity index (χ2v) is 8.96. The number of ketones is 1. The summed E-state index contributed by atoms with van der Waals surface area (Å²) in [5, 5.41) is 14.1. The van der Waals surface area contributed by atoms with Gasteiger partial charge in [-0.05, 0) is 13.3 Å². The minimum Gasteiger partial charge on any atom is -0.492 e. The Morgan fingerprint density at radius 1 is 1.18 bits per heavy atom. The minimum atomic E-state index is -0.906. The third-order valence-electron chi connectivity index (χ3n) is 6.85. The second-order valence-electron chi connectivity index (χ2n) is 8.96. The number of Topliss-reactive ketones (excluding diaryl/α,β-unsaturated/α-hetero) is 1. The molecule has 200 valence electrons. The summed E-state index contributed by atoms with van der Waals surface area (Å²) in [4.78, 5) is 31.1. The Hall–Kier alpha value is -4.40. The molecule has 3 aliphatic heterocycles. The first-order valence-corrected chi connectivity index (χ1v) is 12.2. The van der Waals surface area contributed by atoms with E-state index in [9.17, 15) is 14.9 Å². The van der Waals surface area contributed by atoms with E-state index in [2.05, 4.69) is 11.2 Å². The second kappa shape index (κ2) is 10.2. The lowest BCUT2D eigenvalue weighted by atomic mass is 9.75. The van der Waals surface area contributed by atoms with E-state index in [0.717, 1.165) is 0 Å². The number of hydrogen-bond donors (Lipinski definition) is 1. The van der Waals surface area contributed by atoms with Crippen LogP contribution in [-0.2, 0) is 30.3 Å². The van der Waals surface area contributed by atoms with Gasteiger partial charge in [0.2, 0.25) is 24.2 Å². The third kappa shape index (κ3) is 4.04. The molecule has 0 fully saturated rings. The molecule has 0 spiro atoms. The van der Waals surface area contributed by atoms with Gasteiger partial charge in [0.15, 0.2) is 23.0 Å². The van der Waals surface area contributed by atoms with Crippen molar-refractivity contribution in [1.29, 1.82) is 5.26 Å². The predicted octanol–water partition coefficient (Wildman–Crippen LogP) is 2.50. The summed E-state index contributed by atoms with van der Waals surface area (Å²) >= 11 is 0. The maximum atomic E-state index is 13.3. The molecular weight excluding hydrogens is 498 g/mol. The van der Waals surface area contributed by atoms with Crippen LogP contribution in [0.3, 0.4) is 0 Å². The number of rotatable bonds is 7. The zero-order valence-electron chi connectivity index (χ0n) is 21.3. The van der Waals surface area contributed by atoms with Crippen molar-refractivity contribution in [2.24, 2.45) is 10.9 Å². The third-order valence-corrected chi connectivity index (χ3v) is 6.85. The monoisotopic (exact) mass is 525 g/mol. The van der Waals surface area contributed by atoms with E-state index in [4.69, 9.17) is 39.0 Å². The van der Waals surface area contributed by atoms with E-state index >= 15 is 0 Å². The van der Waals surface area contributed by atoms with Gasteiger partial charge in [0.05, 0.1) is 26.7 Å². The molecule has 0 amide bonds. The molecule has 0 saturated carbocycles. The number of esters is 1. The molecule has 38 heavy (non-hydrogen) atoms. The van der Waals surface area contributed by atoms with Crippen LogP contribution in [-0.4, -0.2) is 51.2 Å². The number of carbonyl (C=O) groups excluding carboxylic acids is 2. The summed E-state index contributed by atoms with van der Waals surface area (Å²) < 4.78 is 33.9. The Morgan fingerprint density at radius 3 is 2.61 bits per heavy atom. The fourth-order valence-corrected chi connectivity index (χ4v) is 5.31. The van der Waals surface area contributed by atoms with Crippen molar-refractivity contribution in [3.8, 4) is 29.1 Å². The van der Waals surface area contributed by atoms with Gasteiger partial charge >= 0.3 is 5.97 Å². The largest absolute Gasteiger partial charge is 0.492 e. The molecule has 2 atom stereocenters. The average Bonchev–Trinajstić information content (AvgIpc) is 3.58. The maximum absolute atomic E-state index is 13.3. The first kappa shape index (κ1) is 25.3. The number of fused-ring (bicyclic) bond motifs is 1. The van der Waals surface area contributed by atoms with Crippen molar-refractivity contribution in [2.45, 2.75) is 51.0 Å². The van der Waals surface area contributed by atoms with Gasteiger partial charge in [-0.25, -0.2) is 4.79 Å². The van der Waals surface area contributed by atoms with Crippen LogP contribution >= 0.6 is 0 Å². The van der Waals surface area contributed by atoms with Gasteiger partial charge in [-0.15, -0.1) is 0 Å². The molecule has 5 rings (SSSR count). The zero-order chi connectivity index (χ0) is 27.0. The lowest BCUT2D eigenvalue weighted by Gasteiger charge is -2.33. The van der Waals surface area contributed by atoms with Crippen LogP contribution in [0, 0.1) is 11.3 Å². The number of carbonyl (C=O) groups is 2. The molecule has 12 heteroatoms. The maximum Gasteiger partial charge on any atom is 0.356 e. The fraction of sp³-hybridized carbons (Fsp3) is 0.462. The molecule has 0 aromatic heterocycles. The number of nitriles is 1. The van der Waals surface area contributed by atoms with Crippen molar-refractivity contribution in [3.05, 3.63) is 33.9 Å². The van der Waals surface area contributed by atoms with Crippen LogP contribution in [0.2, 0.25) is 0 Å². The number of hydrogen-bond acceptors (Lipinski definition) is 12. The van der Waals surface area contributed by atoms with Gasteiger partial charge in [0.25, 0.3) is 0 Å². The Morgan fingerprint density at radius 2 is 1.92 bits per heavy atom. The van der Waals surface area contributed by atoms with Crippen molar-refractivity contribution in [3.63, 3.8) is 0 Å². The Labute approximate surface area is 218 Å². The van der Waals surface area contributed by atoms with Crippen molar-refractivity contribution in [2.75, 3.05) is 27.6 Å². The highest BCUT2D eigenvalue weighted by molar-refractivity contribution is 6.36. The van der Waals surface area contributed by atoms with E-state index < -0.39 is 18.0 Å². The van der Waals surface area contributed by atoms with Gasteiger partial charge in [-0.1, -0.05) is 5.16 Å². The highest BCUT2D eigenvalue weighted by Gasteiger charge is 2.44. The minimum absolute atomic E-state index is 0.0651. The average molecular weight is 526 g/mol. The Bertz CT molecular complexity index is 1340. The van der Waals surface area contributed by atoms with Gasteiger partial charge in [0.1, 0.15) is 23.5 Å². The molecule has 0 bridgehead atoms. The normalized spacial score (nSPS) is 21.7. The zero-order valence-corrected chi connectivity index (χ0v) is 21.3. The van der Waals surface area contributed by atoms with Gasteiger partial charge in [-0.2, -0.15) is 5.26 Å². The molecular formula is C26H27N3O9. The topological polar surface area (TPSA) is 161 Å².